The van der Waals surface area contributed by atoms with E-state index in [4.69, 9.17) is 0 Å². The Morgan fingerprint density at radius 1 is 0.966 bits per heavy atom. The summed E-state index contributed by atoms with van der Waals surface area (Å²) in [7, 11) is 4.06. The average molecular weight is 520 g/mol. The van der Waals surface area contributed by atoms with E-state index in [0.29, 0.717) is 25.6 Å². The van der Waals surface area contributed by atoms with Crippen LogP contribution in [0.15, 0.2) is 53.5 Å². The van der Waals surface area contributed by atoms with E-state index in [9.17, 15) is 13.2 Å². The van der Waals surface area contributed by atoms with Gasteiger partial charge >= 0.3 is 6.18 Å². The molecule has 0 bridgehead atoms. The van der Waals surface area contributed by atoms with Gasteiger partial charge in [-0.1, -0.05) is 36.4 Å². The molecule has 0 aliphatic rings. The van der Waals surface area contributed by atoms with E-state index in [1.807, 2.05) is 33.2 Å². The molecule has 0 atom stereocenters. The van der Waals surface area contributed by atoms with Crippen LogP contribution in [0.3, 0.4) is 0 Å². The Bertz CT molecular complexity index is 774. The number of guanidine groups is 1. The molecular formula is C21H28F3IN4. The zero-order chi connectivity index (χ0) is 20.6. The number of nitrogens with zero attached hydrogens (tertiary/aromatic N) is 2. The normalized spacial score (nSPS) is 11.9. The molecule has 2 N–H and O–H groups in total. The van der Waals surface area contributed by atoms with Crippen molar-refractivity contribution < 1.29 is 13.2 Å². The molecule has 8 heteroatoms. The summed E-state index contributed by atoms with van der Waals surface area (Å²) in [6.07, 6.45) is -4.32. The van der Waals surface area contributed by atoms with Gasteiger partial charge in [0.15, 0.2) is 5.96 Å². The van der Waals surface area contributed by atoms with Crippen molar-refractivity contribution in [2.45, 2.75) is 32.7 Å². The summed E-state index contributed by atoms with van der Waals surface area (Å²) in [5.41, 5.74) is 2.48. The van der Waals surface area contributed by atoms with E-state index in [1.54, 1.807) is 0 Å². The van der Waals surface area contributed by atoms with Gasteiger partial charge in [-0.3, -0.25) is 0 Å². The summed E-state index contributed by atoms with van der Waals surface area (Å²) >= 11 is 0. The van der Waals surface area contributed by atoms with Gasteiger partial charge in [0, 0.05) is 19.6 Å². The highest BCUT2D eigenvalue weighted by Crippen LogP contribution is 2.29. The number of alkyl halides is 3. The van der Waals surface area contributed by atoms with Gasteiger partial charge in [-0.15, -0.1) is 24.0 Å². The average Bonchev–Trinajstić information content (AvgIpc) is 2.64. The van der Waals surface area contributed by atoms with Crippen LogP contribution in [0.4, 0.5) is 13.2 Å². The smallest absolute Gasteiger partial charge is 0.357 e. The maximum absolute atomic E-state index is 12.7. The van der Waals surface area contributed by atoms with Gasteiger partial charge in [0.1, 0.15) is 0 Å². The third kappa shape index (κ3) is 8.61. The quantitative estimate of drug-likeness (QED) is 0.318. The number of hydrogen-bond donors (Lipinski definition) is 2. The first-order chi connectivity index (χ1) is 13.3. The summed E-state index contributed by atoms with van der Waals surface area (Å²) in [4.78, 5) is 6.60. The summed E-state index contributed by atoms with van der Waals surface area (Å²) in [5.74, 6) is 0.627. The lowest BCUT2D eigenvalue weighted by molar-refractivity contribution is -0.137. The Balaban J connectivity index is 0.00000420. The van der Waals surface area contributed by atoms with Crippen LogP contribution in [-0.2, 0) is 25.8 Å². The number of halogens is 4. The Morgan fingerprint density at radius 3 is 2.14 bits per heavy atom. The van der Waals surface area contributed by atoms with E-state index in [1.165, 1.54) is 23.3 Å². The summed E-state index contributed by atoms with van der Waals surface area (Å²) in [5, 5.41) is 6.46. The van der Waals surface area contributed by atoms with Gasteiger partial charge < -0.3 is 15.5 Å². The number of rotatable bonds is 7. The fourth-order valence-corrected chi connectivity index (χ4v) is 2.72. The molecule has 0 amide bonds. The molecule has 2 rings (SSSR count). The topological polar surface area (TPSA) is 39.7 Å². The van der Waals surface area contributed by atoms with Crippen molar-refractivity contribution in [2.75, 3.05) is 20.6 Å². The highest BCUT2D eigenvalue weighted by Gasteiger charge is 2.29. The van der Waals surface area contributed by atoms with Gasteiger partial charge in [0.2, 0.25) is 0 Å². The second kappa shape index (κ2) is 12.0. The van der Waals surface area contributed by atoms with Crippen LogP contribution in [0.5, 0.6) is 0 Å². The highest BCUT2D eigenvalue weighted by atomic mass is 127. The molecule has 0 fully saturated rings. The van der Waals surface area contributed by atoms with Gasteiger partial charge in [-0.05, 0) is 49.8 Å². The predicted molar refractivity (Wildman–Crippen MR) is 122 cm³/mol. The van der Waals surface area contributed by atoms with Crippen LogP contribution in [0.1, 0.15) is 29.2 Å². The Morgan fingerprint density at radius 2 is 1.59 bits per heavy atom. The first-order valence-electron chi connectivity index (χ1n) is 9.19. The molecule has 0 saturated heterocycles. The minimum absolute atomic E-state index is 0. The fourth-order valence-electron chi connectivity index (χ4n) is 2.72. The van der Waals surface area contributed by atoms with Crippen molar-refractivity contribution in [3.8, 4) is 0 Å². The maximum atomic E-state index is 12.7. The number of benzene rings is 2. The van der Waals surface area contributed by atoms with Crippen LogP contribution in [-0.4, -0.2) is 31.5 Å². The van der Waals surface area contributed by atoms with Crippen molar-refractivity contribution in [1.29, 1.82) is 0 Å². The summed E-state index contributed by atoms with van der Waals surface area (Å²) < 4.78 is 38.0. The van der Waals surface area contributed by atoms with E-state index in [-0.39, 0.29) is 24.0 Å². The van der Waals surface area contributed by atoms with Crippen molar-refractivity contribution in [1.82, 2.24) is 15.5 Å². The van der Waals surface area contributed by atoms with Gasteiger partial charge in [-0.2, -0.15) is 13.2 Å². The van der Waals surface area contributed by atoms with E-state index in [0.717, 1.165) is 24.2 Å². The Hall–Kier alpha value is -1.81. The lowest BCUT2D eigenvalue weighted by atomic mass is 10.1. The van der Waals surface area contributed by atoms with Gasteiger partial charge in [0.05, 0.1) is 12.1 Å². The monoisotopic (exact) mass is 520 g/mol. The molecule has 0 radical (unpaired) electrons. The van der Waals surface area contributed by atoms with Crippen molar-refractivity contribution in [2.24, 2.45) is 4.99 Å². The molecule has 0 saturated carbocycles. The molecule has 0 aromatic heterocycles. The zero-order valence-electron chi connectivity index (χ0n) is 16.9. The van der Waals surface area contributed by atoms with Crippen LogP contribution in [0.2, 0.25) is 0 Å². The number of aliphatic imine (C=N–C) groups is 1. The third-order valence-corrected chi connectivity index (χ3v) is 4.10. The minimum atomic E-state index is -4.32. The molecule has 0 heterocycles. The molecule has 160 valence electrons. The molecule has 2 aromatic rings. The first-order valence-corrected chi connectivity index (χ1v) is 9.19. The standard InChI is InChI=1S/C21H27F3N4.HI/c1-4-25-20(26-13-16-9-11-19(12-10-16)21(22,23)24)27-14-17-7-5-6-8-18(17)15-28(2)3;/h5-12H,4,13-15H2,1-3H3,(H2,25,26,27);1H. The van der Waals surface area contributed by atoms with E-state index >= 15 is 0 Å². The largest absolute Gasteiger partial charge is 0.416 e. The van der Waals surface area contributed by atoms with Crippen LogP contribution >= 0.6 is 24.0 Å². The highest BCUT2D eigenvalue weighted by molar-refractivity contribution is 14.0. The summed E-state index contributed by atoms with van der Waals surface area (Å²) in [6.45, 7) is 4.42. The molecule has 0 spiro atoms. The van der Waals surface area contributed by atoms with Crippen LogP contribution in [0, 0.1) is 0 Å². The molecule has 0 aliphatic carbocycles. The van der Waals surface area contributed by atoms with Crippen molar-refractivity contribution in [3.05, 3.63) is 70.8 Å². The lowest BCUT2D eigenvalue weighted by Crippen LogP contribution is -2.37. The molecular weight excluding hydrogens is 492 g/mol. The molecule has 0 aliphatic heterocycles. The van der Waals surface area contributed by atoms with Crippen molar-refractivity contribution >= 4 is 29.9 Å². The number of nitrogens with one attached hydrogen (secondary N) is 2. The fraction of sp³-hybridized carbons (Fsp3) is 0.381. The van der Waals surface area contributed by atoms with Crippen molar-refractivity contribution in [3.63, 3.8) is 0 Å². The Labute approximate surface area is 187 Å². The molecule has 2 aromatic carbocycles. The molecule has 4 nitrogen and oxygen atoms in total. The minimum Gasteiger partial charge on any atom is -0.357 e. The first kappa shape index (κ1) is 25.2. The maximum Gasteiger partial charge on any atom is 0.416 e. The lowest BCUT2D eigenvalue weighted by Gasteiger charge is -2.16. The third-order valence-electron chi connectivity index (χ3n) is 4.10. The Kier molecular flexibility index (Phi) is 10.5. The van der Waals surface area contributed by atoms with E-state index < -0.39 is 11.7 Å². The number of hydrogen-bond acceptors (Lipinski definition) is 2. The summed E-state index contributed by atoms with van der Waals surface area (Å²) in [6, 6.07) is 13.3. The van der Waals surface area contributed by atoms with Gasteiger partial charge in [0.25, 0.3) is 0 Å². The SMILES string of the molecule is CCNC(=NCc1ccc(C(F)(F)F)cc1)NCc1ccccc1CN(C)C.I. The van der Waals surface area contributed by atoms with Crippen LogP contribution < -0.4 is 10.6 Å². The zero-order valence-corrected chi connectivity index (χ0v) is 19.2. The second-order valence-electron chi connectivity index (χ2n) is 6.75. The van der Waals surface area contributed by atoms with Crippen LogP contribution in [0.25, 0.3) is 0 Å². The second-order valence-corrected chi connectivity index (χ2v) is 6.75. The molecule has 29 heavy (non-hydrogen) atoms. The predicted octanol–water partition coefficient (Wildman–Crippen LogP) is 4.64. The van der Waals surface area contributed by atoms with Gasteiger partial charge in [-0.25, -0.2) is 4.99 Å². The molecule has 0 unspecified atom stereocenters. The van der Waals surface area contributed by atoms with E-state index in [2.05, 4.69) is 32.7 Å².